The van der Waals surface area contributed by atoms with Crippen LogP contribution >= 0.6 is 0 Å². The number of pyridine rings is 2. The SMILES string of the molecule is CCNc1cc2c(cn1)c(-c1cnc(=O)n(C)c1)nn2C1CCC(Oc2nccc(C)c2F)CC1. The summed E-state index contributed by atoms with van der Waals surface area (Å²) in [6.45, 7) is 4.49. The molecule has 4 heterocycles. The van der Waals surface area contributed by atoms with E-state index in [1.165, 1.54) is 4.57 Å². The van der Waals surface area contributed by atoms with E-state index in [0.717, 1.165) is 60.2 Å². The van der Waals surface area contributed by atoms with Crippen LogP contribution in [0.2, 0.25) is 0 Å². The summed E-state index contributed by atoms with van der Waals surface area (Å²) in [6.07, 6.45) is 9.79. The average Bonchev–Trinajstić information content (AvgIpc) is 3.23. The molecule has 9 nitrogen and oxygen atoms in total. The van der Waals surface area contributed by atoms with Crippen molar-refractivity contribution in [2.45, 2.75) is 51.7 Å². The Morgan fingerprint density at radius 2 is 1.97 bits per heavy atom. The molecule has 1 N–H and O–H groups in total. The molecule has 0 atom stereocenters. The van der Waals surface area contributed by atoms with Gasteiger partial charge in [-0.05, 0) is 51.2 Å². The van der Waals surface area contributed by atoms with Crippen LogP contribution < -0.4 is 15.7 Å². The third-order valence-corrected chi connectivity index (χ3v) is 6.49. The van der Waals surface area contributed by atoms with Crippen molar-refractivity contribution >= 4 is 16.7 Å². The van der Waals surface area contributed by atoms with Crippen LogP contribution in [0.3, 0.4) is 0 Å². The predicted octanol–water partition coefficient (Wildman–Crippen LogP) is 4.03. The first-order valence-electron chi connectivity index (χ1n) is 11.9. The molecule has 10 heteroatoms. The topological polar surface area (TPSA) is 99.8 Å². The smallest absolute Gasteiger partial charge is 0.347 e. The van der Waals surface area contributed by atoms with Crippen LogP contribution in [0.4, 0.5) is 10.2 Å². The second kappa shape index (κ2) is 9.44. The number of rotatable bonds is 6. The van der Waals surface area contributed by atoms with Gasteiger partial charge in [0.25, 0.3) is 5.88 Å². The lowest BCUT2D eigenvalue weighted by Crippen LogP contribution is -2.27. The van der Waals surface area contributed by atoms with Crippen molar-refractivity contribution in [3.05, 3.63) is 58.8 Å². The van der Waals surface area contributed by atoms with Crippen LogP contribution in [0.5, 0.6) is 5.88 Å². The number of halogens is 1. The maximum absolute atomic E-state index is 14.4. The lowest BCUT2D eigenvalue weighted by Gasteiger charge is -2.29. The normalized spacial score (nSPS) is 18.1. The van der Waals surface area contributed by atoms with Crippen LogP contribution in [0.15, 0.2) is 41.7 Å². The molecule has 182 valence electrons. The van der Waals surface area contributed by atoms with E-state index in [0.29, 0.717) is 5.56 Å². The van der Waals surface area contributed by atoms with Crippen molar-refractivity contribution in [1.29, 1.82) is 0 Å². The van der Waals surface area contributed by atoms with Gasteiger partial charge in [0.1, 0.15) is 17.6 Å². The number of nitrogens with zero attached hydrogens (tertiary/aromatic N) is 6. The van der Waals surface area contributed by atoms with Gasteiger partial charge < -0.3 is 14.6 Å². The third kappa shape index (κ3) is 4.48. The Labute approximate surface area is 202 Å². The molecule has 1 fully saturated rings. The second-order valence-electron chi connectivity index (χ2n) is 8.94. The van der Waals surface area contributed by atoms with Gasteiger partial charge >= 0.3 is 5.69 Å². The molecule has 0 aliphatic heterocycles. The van der Waals surface area contributed by atoms with Crippen molar-refractivity contribution < 1.29 is 9.13 Å². The maximum atomic E-state index is 14.4. The number of hydrogen-bond acceptors (Lipinski definition) is 7. The standard InChI is InChI=1S/C25H28FN7O2/c1-4-27-21-11-20-19(13-29-21)23(16-12-30-25(34)32(3)14-16)31-33(20)17-5-7-18(8-6-17)35-24-22(26)15(2)9-10-28-24/h9-14,17-18H,4-8H2,1-3H3,(H,27,29). The van der Waals surface area contributed by atoms with Gasteiger partial charge in [0.15, 0.2) is 5.82 Å². The molecule has 4 aromatic rings. The zero-order valence-electron chi connectivity index (χ0n) is 20.0. The third-order valence-electron chi connectivity index (χ3n) is 6.49. The number of nitrogens with one attached hydrogen (secondary N) is 1. The molecular weight excluding hydrogens is 449 g/mol. The fraction of sp³-hybridized carbons (Fsp3) is 0.400. The summed E-state index contributed by atoms with van der Waals surface area (Å²) in [5.74, 6) is 0.458. The molecule has 5 rings (SSSR count). The molecule has 35 heavy (non-hydrogen) atoms. The molecule has 4 aromatic heterocycles. The van der Waals surface area contributed by atoms with Crippen molar-refractivity contribution in [2.75, 3.05) is 11.9 Å². The van der Waals surface area contributed by atoms with Crippen molar-refractivity contribution in [3.8, 4) is 17.1 Å². The van der Waals surface area contributed by atoms with Crippen LogP contribution in [0, 0.1) is 12.7 Å². The minimum atomic E-state index is -0.397. The Morgan fingerprint density at radius 3 is 2.71 bits per heavy atom. The van der Waals surface area contributed by atoms with E-state index in [9.17, 15) is 9.18 Å². The average molecular weight is 478 g/mol. The highest BCUT2D eigenvalue weighted by atomic mass is 19.1. The van der Waals surface area contributed by atoms with Gasteiger partial charge in [-0.3, -0.25) is 4.68 Å². The van der Waals surface area contributed by atoms with E-state index in [-0.39, 0.29) is 23.7 Å². The van der Waals surface area contributed by atoms with E-state index in [4.69, 9.17) is 9.84 Å². The van der Waals surface area contributed by atoms with Gasteiger partial charge in [-0.15, -0.1) is 0 Å². The van der Waals surface area contributed by atoms with Crippen molar-refractivity contribution in [3.63, 3.8) is 0 Å². The van der Waals surface area contributed by atoms with Gasteiger partial charge in [0.2, 0.25) is 0 Å². The first kappa shape index (κ1) is 22.9. The zero-order valence-corrected chi connectivity index (χ0v) is 20.0. The van der Waals surface area contributed by atoms with E-state index >= 15 is 0 Å². The Kier molecular flexibility index (Phi) is 6.19. The highest BCUT2D eigenvalue weighted by molar-refractivity contribution is 5.93. The van der Waals surface area contributed by atoms with Gasteiger partial charge in [-0.2, -0.15) is 5.10 Å². The fourth-order valence-corrected chi connectivity index (χ4v) is 4.60. The lowest BCUT2D eigenvalue weighted by molar-refractivity contribution is 0.120. The van der Waals surface area contributed by atoms with E-state index in [2.05, 4.69) is 25.0 Å². The molecule has 0 bridgehead atoms. The molecule has 1 aliphatic carbocycles. The summed E-state index contributed by atoms with van der Waals surface area (Å²) in [5, 5.41) is 9.14. The number of aryl methyl sites for hydroxylation is 2. The molecule has 0 radical (unpaired) electrons. The monoisotopic (exact) mass is 477 g/mol. The first-order valence-corrected chi connectivity index (χ1v) is 11.9. The molecule has 0 aromatic carbocycles. The molecule has 0 spiro atoms. The minimum absolute atomic E-state index is 0.0730. The highest BCUT2D eigenvalue weighted by Gasteiger charge is 2.28. The predicted molar refractivity (Wildman–Crippen MR) is 131 cm³/mol. The molecule has 0 saturated heterocycles. The van der Waals surface area contributed by atoms with Gasteiger partial charge in [0.05, 0.1) is 11.6 Å². The van der Waals surface area contributed by atoms with Crippen LogP contribution in [0.1, 0.15) is 44.2 Å². The molecule has 0 amide bonds. The Balaban J connectivity index is 1.44. The van der Waals surface area contributed by atoms with E-state index < -0.39 is 5.82 Å². The van der Waals surface area contributed by atoms with Gasteiger partial charge in [-0.1, -0.05) is 0 Å². The van der Waals surface area contributed by atoms with Crippen LogP contribution in [-0.2, 0) is 7.05 Å². The minimum Gasteiger partial charge on any atom is -0.472 e. The van der Waals surface area contributed by atoms with Crippen molar-refractivity contribution in [2.24, 2.45) is 7.05 Å². The quantitative estimate of drug-likeness (QED) is 0.448. The van der Waals surface area contributed by atoms with Crippen LogP contribution in [-0.4, -0.2) is 41.9 Å². The number of aromatic nitrogens is 6. The summed E-state index contributed by atoms with van der Waals surface area (Å²) in [4.78, 5) is 24.4. The summed E-state index contributed by atoms with van der Waals surface area (Å²) < 4.78 is 23.8. The summed E-state index contributed by atoms with van der Waals surface area (Å²) in [5.41, 5.74) is 2.67. The Hall–Kier alpha value is -3.82. The number of fused-ring (bicyclic) bond motifs is 1. The summed E-state index contributed by atoms with van der Waals surface area (Å²) in [7, 11) is 1.67. The maximum Gasteiger partial charge on any atom is 0.347 e. The molecule has 1 saturated carbocycles. The molecule has 0 unspecified atom stereocenters. The first-order chi connectivity index (χ1) is 16.9. The molecular formula is C25H28FN7O2. The van der Waals surface area contributed by atoms with Gasteiger partial charge in [-0.25, -0.2) is 24.1 Å². The van der Waals surface area contributed by atoms with E-state index in [1.54, 1.807) is 38.6 Å². The largest absolute Gasteiger partial charge is 0.472 e. The van der Waals surface area contributed by atoms with Crippen molar-refractivity contribution in [1.82, 2.24) is 29.3 Å². The van der Waals surface area contributed by atoms with Crippen LogP contribution in [0.25, 0.3) is 22.2 Å². The zero-order chi connectivity index (χ0) is 24.5. The highest BCUT2D eigenvalue weighted by Crippen LogP contribution is 2.36. The summed E-state index contributed by atoms with van der Waals surface area (Å²) in [6, 6.07) is 3.80. The molecule has 1 aliphatic rings. The lowest BCUT2D eigenvalue weighted by atomic mass is 9.93. The number of hydrogen-bond donors (Lipinski definition) is 1. The van der Waals surface area contributed by atoms with Gasteiger partial charge in [0, 0.05) is 55.4 Å². The Bertz CT molecular complexity index is 1420. The number of ether oxygens (including phenoxy) is 1. The number of anilines is 1. The Morgan fingerprint density at radius 1 is 1.17 bits per heavy atom. The fourth-order valence-electron chi connectivity index (χ4n) is 4.60. The summed E-state index contributed by atoms with van der Waals surface area (Å²) >= 11 is 0. The second-order valence-corrected chi connectivity index (χ2v) is 8.94. The van der Waals surface area contributed by atoms with E-state index in [1.807, 2.05) is 19.2 Å².